The molecular weight excluding hydrogens is 833 g/mol. The summed E-state index contributed by atoms with van der Waals surface area (Å²) in [5, 5.41) is 38.3. The highest BCUT2D eigenvalue weighted by atomic mass is 16.5. The number of carboxylic acids is 2. The van der Waals surface area contributed by atoms with Gasteiger partial charge in [-0.05, 0) is 62.8 Å². The van der Waals surface area contributed by atoms with E-state index < -0.39 is 11.9 Å². The Morgan fingerprint density at radius 2 is 1.25 bits per heavy atom. The Kier molecular flexibility index (Phi) is 15.3. The van der Waals surface area contributed by atoms with Crippen molar-refractivity contribution in [2.45, 2.75) is 63.2 Å². The minimum absolute atomic E-state index is 0.0297. The second kappa shape index (κ2) is 21.8. The van der Waals surface area contributed by atoms with Crippen molar-refractivity contribution in [3.05, 3.63) is 106 Å². The van der Waals surface area contributed by atoms with Crippen LogP contribution in [0.3, 0.4) is 0 Å². The first-order valence-electron chi connectivity index (χ1n) is 22.8. The lowest BCUT2D eigenvalue weighted by Gasteiger charge is -2.26. The van der Waals surface area contributed by atoms with Crippen molar-refractivity contribution in [3.8, 4) is 17.1 Å². The molecule has 0 atom stereocenters. The minimum atomic E-state index is -1.16. The van der Waals surface area contributed by atoms with E-state index in [1.165, 1.54) is 6.42 Å². The molecule has 17 heteroatoms. The van der Waals surface area contributed by atoms with Crippen LogP contribution in [0.5, 0.6) is 5.75 Å². The number of aromatic carboxylic acids is 2. The maximum atomic E-state index is 12.5. The highest BCUT2D eigenvalue weighted by Crippen LogP contribution is 2.43. The van der Waals surface area contributed by atoms with Gasteiger partial charge in [0.25, 0.3) is 0 Å². The Morgan fingerprint density at radius 3 is 1.77 bits per heavy atom. The molecule has 0 unspecified atom stereocenters. The number of nitrogens with one attached hydrogen (secondary N) is 1. The van der Waals surface area contributed by atoms with E-state index in [-0.39, 0.29) is 22.7 Å². The van der Waals surface area contributed by atoms with E-state index in [1.807, 2.05) is 60.7 Å². The second-order valence-electron chi connectivity index (χ2n) is 16.8. The van der Waals surface area contributed by atoms with Gasteiger partial charge in [0, 0.05) is 69.8 Å². The Balaban J connectivity index is 0.000000151. The van der Waals surface area contributed by atoms with Crippen LogP contribution in [0.1, 0.15) is 95.6 Å². The molecule has 2 aromatic carbocycles. The number of fused-ring (bicyclic) bond motifs is 2. The number of nitrogens with zero attached hydrogens (tertiary/aromatic N) is 7. The molecule has 4 aliphatic rings. The number of aliphatic hydroxyl groups excluding tert-OH is 1. The van der Waals surface area contributed by atoms with Crippen LogP contribution in [0.25, 0.3) is 33.4 Å². The number of aromatic amines is 1. The highest BCUT2D eigenvalue weighted by molar-refractivity contribution is 5.94. The van der Waals surface area contributed by atoms with Crippen molar-refractivity contribution in [2.24, 2.45) is 0 Å². The van der Waals surface area contributed by atoms with E-state index in [0.29, 0.717) is 41.6 Å². The van der Waals surface area contributed by atoms with Crippen LogP contribution in [0.4, 0.5) is 0 Å². The van der Waals surface area contributed by atoms with Gasteiger partial charge in [-0.2, -0.15) is 10.2 Å². The van der Waals surface area contributed by atoms with E-state index in [1.54, 1.807) is 15.4 Å². The van der Waals surface area contributed by atoms with Gasteiger partial charge in [0.05, 0.1) is 66.6 Å². The van der Waals surface area contributed by atoms with Gasteiger partial charge in [-0.3, -0.25) is 14.6 Å². The number of aromatic nitrogens is 6. The first kappa shape index (κ1) is 45.6. The summed E-state index contributed by atoms with van der Waals surface area (Å²) >= 11 is 0. The standard InChI is InChI=1S/C24H28N4O4.C17H15N3O3.C7H15NO2/c29-24(30)19-16-20(32-13-5-10-27-11-14-31-15-12-27)21-22(17-6-4-7-17)26-28(23(21)25-19)18-8-2-1-3-9-18;21-13-9-12(17(22)23)18-16-14(13)15(10-5-4-6-10)19-20(16)11-7-2-1-3-8-11;9-5-1-2-8-3-6-10-7-4-8/h1-3,8-9,16-17H,4-7,10-15H2,(H,29,30);1-3,7-10H,4-6H2,(H,18,21)(H,22,23);9H,1-7H2. The first-order valence-corrected chi connectivity index (χ1v) is 22.8. The number of benzene rings is 2. The molecule has 6 heterocycles. The highest BCUT2D eigenvalue weighted by Gasteiger charge is 2.30. The molecule has 2 saturated carbocycles. The van der Waals surface area contributed by atoms with E-state index >= 15 is 0 Å². The number of hydrogen-bond acceptors (Lipinski definition) is 12. The van der Waals surface area contributed by atoms with Crippen molar-refractivity contribution in [3.63, 3.8) is 0 Å². The molecule has 2 saturated heterocycles. The van der Waals surface area contributed by atoms with Crippen molar-refractivity contribution in [2.75, 3.05) is 78.9 Å². The molecule has 0 amide bonds. The van der Waals surface area contributed by atoms with Gasteiger partial charge in [0.1, 0.15) is 17.1 Å². The van der Waals surface area contributed by atoms with Gasteiger partial charge in [0.15, 0.2) is 16.8 Å². The molecule has 4 N–H and O–H groups in total. The zero-order chi connectivity index (χ0) is 45.1. The fourth-order valence-corrected chi connectivity index (χ4v) is 8.46. The quantitative estimate of drug-likeness (QED) is 0.0944. The molecule has 65 heavy (non-hydrogen) atoms. The average molecular weight is 891 g/mol. The summed E-state index contributed by atoms with van der Waals surface area (Å²) in [6.45, 7) is 9.96. The zero-order valence-electron chi connectivity index (χ0n) is 36.6. The third-order valence-electron chi connectivity index (χ3n) is 12.5. The van der Waals surface area contributed by atoms with Crippen molar-refractivity contribution in [1.82, 2.24) is 39.3 Å². The number of ether oxygens (including phenoxy) is 3. The van der Waals surface area contributed by atoms with Crippen molar-refractivity contribution < 1.29 is 39.1 Å². The molecule has 0 bridgehead atoms. The number of carbonyl (C=O) groups is 2. The van der Waals surface area contributed by atoms with Crippen LogP contribution >= 0.6 is 0 Å². The average Bonchev–Trinajstić information content (AvgIpc) is 3.87. The van der Waals surface area contributed by atoms with Gasteiger partial charge in [0.2, 0.25) is 0 Å². The summed E-state index contributed by atoms with van der Waals surface area (Å²) in [5.74, 6) is -1.03. The molecule has 0 spiro atoms. The fraction of sp³-hybridized carbons (Fsp3) is 0.458. The topological polar surface area (TPSA) is 210 Å². The lowest BCUT2D eigenvalue weighted by atomic mass is 9.82. The summed E-state index contributed by atoms with van der Waals surface area (Å²) in [6.07, 6.45) is 8.26. The lowest BCUT2D eigenvalue weighted by Crippen LogP contribution is -2.37. The molecule has 344 valence electrons. The number of para-hydroxylation sites is 2. The van der Waals surface area contributed by atoms with Gasteiger partial charge < -0.3 is 34.5 Å². The van der Waals surface area contributed by atoms with Crippen LogP contribution in [-0.4, -0.2) is 145 Å². The first-order chi connectivity index (χ1) is 31.8. The molecule has 4 fully saturated rings. The summed E-state index contributed by atoms with van der Waals surface area (Å²) < 4.78 is 20.2. The normalized spacial score (nSPS) is 17.1. The van der Waals surface area contributed by atoms with Crippen LogP contribution in [0.2, 0.25) is 0 Å². The Morgan fingerprint density at radius 1 is 0.708 bits per heavy atom. The summed E-state index contributed by atoms with van der Waals surface area (Å²) in [4.78, 5) is 47.6. The maximum Gasteiger partial charge on any atom is 0.354 e. The number of hydrogen-bond donors (Lipinski definition) is 4. The van der Waals surface area contributed by atoms with E-state index in [4.69, 9.17) is 24.4 Å². The SMILES string of the molecule is O=C(O)c1cc(=O)c2c(C3CCC3)nn(-c3ccccc3)c2[nH]1.O=C(O)c1cc(OCCCN2CCOCC2)c2c(C3CCC3)nn(-c3ccccc3)c2n1.OCCCN1CCOCC1. The number of morpholine rings is 2. The second-order valence-corrected chi connectivity index (χ2v) is 16.8. The van der Waals surface area contributed by atoms with Crippen LogP contribution in [-0.2, 0) is 9.47 Å². The molecule has 0 radical (unpaired) electrons. The fourth-order valence-electron chi connectivity index (χ4n) is 8.46. The van der Waals surface area contributed by atoms with E-state index in [2.05, 4.69) is 24.9 Å². The van der Waals surface area contributed by atoms with Gasteiger partial charge >= 0.3 is 11.9 Å². The molecule has 10 rings (SSSR count). The van der Waals surface area contributed by atoms with Gasteiger partial charge in [-0.15, -0.1) is 0 Å². The largest absolute Gasteiger partial charge is 0.493 e. The Hall–Kier alpha value is -5.98. The van der Waals surface area contributed by atoms with Crippen molar-refractivity contribution >= 4 is 34.0 Å². The summed E-state index contributed by atoms with van der Waals surface area (Å²) in [5.41, 5.74) is 3.93. The van der Waals surface area contributed by atoms with E-state index in [9.17, 15) is 24.6 Å². The molecular formula is C48H58N8O9. The van der Waals surface area contributed by atoms with Crippen LogP contribution < -0.4 is 10.2 Å². The predicted octanol–water partition coefficient (Wildman–Crippen LogP) is 5.87. The summed E-state index contributed by atoms with van der Waals surface area (Å²) in [7, 11) is 0. The molecule has 2 aliphatic heterocycles. The van der Waals surface area contributed by atoms with Gasteiger partial charge in [-0.25, -0.2) is 23.9 Å². The number of H-pyrrole nitrogens is 1. The lowest BCUT2D eigenvalue weighted by molar-refractivity contribution is 0.0353. The molecule has 2 aliphatic carbocycles. The van der Waals surface area contributed by atoms with Crippen LogP contribution in [0, 0.1) is 0 Å². The number of pyridine rings is 2. The summed E-state index contributed by atoms with van der Waals surface area (Å²) in [6, 6.07) is 21.8. The molecule has 4 aromatic heterocycles. The van der Waals surface area contributed by atoms with Crippen molar-refractivity contribution in [1.29, 1.82) is 0 Å². The van der Waals surface area contributed by atoms with E-state index in [0.717, 1.165) is 145 Å². The Labute approximate surface area is 376 Å². The van der Waals surface area contributed by atoms with Crippen LogP contribution in [0.15, 0.2) is 77.6 Å². The molecule has 6 aromatic rings. The Bertz CT molecular complexity index is 2580. The zero-order valence-corrected chi connectivity index (χ0v) is 36.6. The number of aliphatic hydroxyl groups is 1. The van der Waals surface area contributed by atoms with Gasteiger partial charge in [-0.1, -0.05) is 49.2 Å². The molecule has 17 nitrogen and oxygen atoms in total. The predicted molar refractivity (Wildman–Crippen MR) is 244 cm³/mol. The third-order valence-corrected chi connectivity index (χ3v) is 12.5. The monoisotopic (exact) mass is 890 g/mol. The minimum Gasteiger partial charge on any atom is -0.493 e. The number of carboxylic acid groups (broad SMARTS) is 2. The third kappa shape index (κ3) is 10.9. The number of rotatable bonds is 14. The smallest absolute Gasteiger partial charge is 0.354 e. The maximum absolute atomic E-state index is 12.5.